The number of carbonyl (C=O) groups excluding carboxylic acids is 1. The first-order valence-corrected chi connectivity index (χ1v) is 8.58. The molecule has 3 heteroatoms. The van der Waals surface area contributed by atoms with Crippen molar-refractivity contribution in [1.29, 1.82) is 0 Å². The number of carbonyl (C=O) groups is 1. The number of pyridine rings is 1. The van der Waals surface area contributed by atoms with Gasteiger partial charge in [0.15, 0.2) is 0 Å². The van der Waals surface area contributed by atoms with Crippen LogP contribution in [0.2, 0.25) is 0 Å². The van der Waals surface area contributed by atoms with Crippen molar-refractivity contribution in [1.82, 2.24) is 4.98 Å². The Kier molecular flexibility index (Phi) is 7.69. The minimum atomic E-state index is -0.207. The van der Waals surface area contributed by atoms with Gasteiger partial charge < -0.3 is 4.79 Å². The second-order valence-electron chi connectivity index (χ2n) is 6.61. The second kappa shape index (κ2) is 9.26. The lowest BCUT2D eigenvalue weighted by Gasteiger charge is -2.22. The first-order chi connectivity index (χ1) is 11.9. The Labute approximate surface area is 150 Å². The van der Waals surface area contributed by atoms with Crippen LogP contribution in [-0.2, 0) is 4.79 Å². The molecule has 0 saturated heterocycles. The van der Waals surface area contributed by atoms with Crippen LogP contribution >= 0.6 is 0 Å². The molecule has 0 aliphatic heterocycles. The predicted molar refractivity (Wildman–Crippen MR) is 104 cm³/mol. The summed E-state index contributed by atoms with van der Waals surface area (Å²) in [5.74, 6) is 0.478. The summed E-state index contributed by atoms with van der Waals surface area (Å²) in [5.41, 5.74) is 6.78. The van der Waals surface area contributed by atoms with Crippen molar-refractivity contribution in [3.8, 4) is 11.1 Å². The van der Waals surface area contributed by atoms with E-state index in [4.69, 9.17) is 9.78 Å². The van der Waals surface area contributed by atoms with E-state index in [-0.39, 0.29) is 5.82 Å². The Morgan fingerprint density at radius 3 is 1.96 bits per heavy atom. The first kappa shape index (κ1) is 20.8. The molecule has 1 aromatic carbocycles. The molecule has 0 amide bonds. The fourth-order valence-corrected chi connectivity index (χ4v) is 3.06. The summed E-state index contributed by atoms with van der Waals surface area (Å²) in [6.45, 7) is 14.8. The Morgan fingerprint density at radius 1 is 1.00 bits per heavy atom. The molecule has 2 rings (SSSR count). The smallest absolute Gasteiger partial charge is 0.123 e. The van der Waals surface area contributed by atoms with E-state index < -0.39 is 0 Å². The molecule has 0 bridgehead atoms. The second-order valence-corrected chi connectivity index (χ2v) is 6.61. The number of hydrogen-bond acceptors (Lipinski definition) is 2. The lowest BCUT2D eigenvalue weighted by molar-refractivity contribution is -0.0979. The number of rotatable bonds is 4. The molecule has 2 aromatic rings. The third kappa shape index (κ3) is 4.62. The molecular formula is C22H28FNO. The van der Waals surface area contributed by atoms with E-state index >= 15 is 0 Å². The molecule has 0 aliphatic carbocycles. The zero-order valence-corrected chi connectivity index (χ0v) is 16.1. The Balaban J connectivity index is 0.00000151. The Morgan fingerprint density at radius 2 is 1.52 bits per heavy atom. The zero-order chi connectivity index (χ0) is 19.1. The fourth-order valence-electron chi connectivity index (χ4n) is 3.06. The van der Waals surface area contributed by atoms with Crippen LogP contribution in [0.15, 0.2) is 30.3 Å². The molecule has 0 unspecified atom stereocenters. The highest BCUT2D eigenvalue weighted by atomic mass is 19.1. The molecule has 0 N–H and O–H groups in total. The highest BCUT2D eigenvalue weighted by Crippen LogP contribution is 2.36. The summed E-state index contributed by atoms with van der Waals surface area (Å²) in [6, 6.07) is 6.77. The van der Waals surface area contributed by atoms with Crippen molar-refractivity contribution in [2.45, 2.75) is 53.4 Å². The molecule has 0 radical (unpaired) electrons. The van der Waals surface area contributed by atoms with Gasteiger partial charge >= 0.3 is 0 Å². The van der Waals surface area contributed by atoms with Gasteiger partial charge in [-0.1, -0.05) is 52.0 Å². The van der Waals surface area contributed by atoms with E-state index in [9.17, 15) is 4.39 Å². The van der Waals surface area contributed by atoms with E-state index in [2.05, 4.69) is 40.7 Å². The van der Waals surface area contributed by atoms with E-state index in [1.807, 2.05) is 31.9 Å². The van der Waals surface area contributed by atoms with Crippen LogP contribution in [0.25, 0.3) is 17.2 Å². The lowest BCUT2D eigenvalue weighted by Crippen LogP contribution is -2.08. The van der Waals surface area contributed by atoms with Gasteiger partial charge in [-0.3, -0.25) is 4.98 Å². The van der Waals surface area contributed by atoms with Crippen LogP contribution in [0.1, 0.15) is 69.0 Å². The topological polar surface area (TPSA) is 30.0 Å². The average Bonchev–Trinajstić information content (AvgIpc) is 2.58. The number of hydrogen-bond donors (Lipinski definition) is 0. The zero-order valence-electron chi connectivity index (χ0n) is 16.1. The van der Waals surface area contributed by atoms with Crippen molar-refractivity contribution >= 4 is 12.9 Å². The number of nitrogens with zero attached hydrogens (tertiary/aromatic N) is 1. The average molecular weight is 341 g/mol. The summed E-state index contributed by atoms with van der Waals surface area (Å²) in [4.78, 5) is 13.0. The monoisotopic (exact) mass is 341 g/mol. The number of halogens is 1. The van der Waals surface area contributed by atoms with Crippen LogP contribution in [0.3, 0.4) is 0 Å². The molecule has 134 valence electrons. The van der Waals surface area contributed by atoms with Crippen molar-refractivity contribution in [3.63, 3.8) is 0 Å². The predicted octanol–water partition coefficient (Wildman–Crippen LogP) is 6.29. The molecule has 0 aliphatic rings. The van der Waals surface area contributed by atoms with Crippen molar-refractivity contribution in [2.75, 3.05) is 0 Å². The van der Waals surface area contributed by atoms with Gasteiger partial charge in [0.2, 0.25) is 0 Å². The summed E-state index contributed by atoms with van der Waals surface area (Å²) in [5, 5.41) is 0. The number of benzene rings is 1. The molecule has 1 aromatic heterocycles. The van der Waals surface area contributed by atoms with Crippen molar-refractivity contribution in [3.05, 3.63) is 58.7 Å². The van der Waals surface area contributed by atoms with E-state index in [1.165, 1.54) is 23.3 Å². The van der Waals surface area contributed by atoms with Crippen LogP contribution in [0, 0.1) is 12.7 Å². The minimum Gasteiger partial charge on any atom is -0.307 e. The molecule has 0 saturated carbocycles. The van der Waals surface area contributed by atoms with E-state index in [0.29, 0.717) is 11.8 Å². The SMILES string of the molecule is C/C=C/c1c(C(C)C)nc(C(C)C)c(C)c1-c1ccc(F)cc1.C=O. The van der Waals surface area contributed by atoms with Crippen molar-refractivity contribution in [2.24, 2.45) is 0 Å². The number of allylic oxidation sites excluding steroid dienone is 1. The molecule has 0 atom stereocenters. The molecular weight excluding hydrogens is 313 g/mol. The minimum absolute atomic E-state index is 0.207. The summed E-state index contributed by atoms with van der Waals surface area (Å²) < 4.78 is 13.3. The fraction of sp³-hybridized carbons (Fsp3) is 0.364. The molecule has 1 heterocycles. The molecule has 0 fully saturated rings. The Bertz CT molecular complexity index is 731. The third-order valence-corrected chi connectivity index (χ3v) is 4.11. The maximum absolute atomic E-state index is 13.3. The normalized spacial score (nSPS) is 11.1. The standard InChI is InChI=1S/C21H26FN.CH2O/c1-7-8-18-19(16-9-11-17(22)12-10-16)15(6)20(13(2)3)23-21(18)14(4)5;1-2/h7-14H,1-6H3;1H2/b8-7+;. The van der Waals surface area contributed by atoms with Gasteiger partial charge in [0, 0.05) is 11.3 Å². The summed E-state index contributed by atoms with van der Waals surface area (Å²) in [7, 11) is 0. The maximum Gasteiger partial charge on any atom is 0.123 e. The van der Waals surface area contributed by atoms with Crippen molar-refractivity contribution < 1.29 is 9.18 Å². The molecule has 2 nitrogen and oxygen atoms in total. The van der Waals surface area contributed by atoms with Gasteiger partial charge in [-0.05, 0) is 54.5 Å². The highest BCUT2D eigenvalue weighted by molar-refractivity contribution is 5.80. The third-order valence-electron chi connectivity index (χ3n) is 4.11. The van der Waals surface area contributed by atoms with Gasteiger partial charge in [0.25, 0.3) is 0 Å². The largest absolute Gasteiger partial charge is 0.307 e. The van der Waals surface area contributed by atoms with Crippen LogP contribution in [0.5, 0.6) is 0 Å². The van der Waals surface area contributed by atoms with Gasteiger partial charge in [-0.15, -0.1) is 0 Å². The molecule has 0 spiro atoms. The van der Waals surface area contributed by atoms with E-state index in [0.717, 1.165) is 22.5 Å². The number of aromatic nitrogens is 1. The maximum atomic E-state index is 13.3. The lowest BCUT2D eigenvalue weighted by atomic mass is 9.87. The Hall–Kier alpha value is -2.29. The van der Waals surface area contributed by atoms with Gasteiger partial charge in [0.05, 0.1) is 5.69 Å². The van der Waals surface area contributed by atoms with Gasteiger partial charge in [0.1, 0.15) is 12.6 Å². The highest BCUT2D eigenvalue weighted by Gasteiger charge is 2.20. The van der Waals surface area contributed by atoms with Gasteiger partial charge in [-0.25, -0.2) is 4.39 Å². The van der Waals surface area contributed by atoms with Crippen LogP contribution < -0.4 is 0 Å². The quantitative estimate of drug-likeness (QED) is 0.654. The van der Waals surface area contributed by atoms with Crippen LogP contribution in [0.4, 0.5) is 4.39 Å². The molecule has 25 heavy (non-hydrogen) atoms. The summed E-state index contributed by atoms with van der Waals surface area (Å²) in [6.07, 6.45) is 4.17. The first-order valence-electron chi connectivity index (χ1n) is 8.58. The van der Waals surface area contributed by atoms with Gasteiger partial charge in [-0.2, -0.15) is 0 Å². The van der Waals surface area contributed by atoms with E-state index in [1.54, 1.807) is 0 Å². The summed E-state index contributed by atoms with van der Waals surface area (Å²) >= 11 is 0. The van der Waals surface area contributed by atoms with Crippen LogP contribution in [-0.4, -0.2) is 11.8 Å².